The van der Waals surface area contributed by atoms with Gasteiger partial charge < -0.3 is 5.32 Å². The number of benzene rings is 7. The Kier molecular flexibility index (Phi) is 6.16. The van der Waals surface area contributed by atoms with Gasteiger partial charge in [-0.15, -0.1) is 0 Å². The van der Waals surface area contributed by atoms with Gasteiger partial charge in [-0.1, -0.05) is 140 Å². The van der Waals surface area contributed by atoms with Crippen LogP contribution in [-0.2, 0) is 0 Å². The number of dihydropyridines is 1. The number of fused-ring (bicyclic) bond motifs is 3. The van der Waals surface area contributed by atoms with Gasteiger partial charge >= 0.3 is 0 Å². The van der Waals surface area contributed by atoms with Crippen molar-refractivity contribution in [1.82, 2.24) is 5.32 Å². The molecule has 8 rings (SSSR count). The van der Waals surface area contributed by atoms with E-state index >= 15 is 0 Å². The Morgan fingerprint density at radius 2 is 1.00 bits per heavy atom. The Hall–Kier alpha value is -5.40. The average molecular weight is 550 g/mol. The maximum absolute atomic E-state index is 3.55. The van der Waals surface area contributed by atoms with Crippen molar-refractivity contribution in [3.63, 3.8) is 0 Å². The van der Waals surface area contributed by atoms with E-state index in [0.717, 1.165) is 6.54 Å². The SMILES string of the molecule is CC1=C(c2cccc(-c3ccc(-c4c5ccccc5c(-c5ccc6ccccc6c5)c5ccccc45)cc3)c2)NCC=C1. The molecule has 43 heavy (non-hydrogen) atoms. The predicted molar refractivity (Wildman–Crippen MR) is 185 cm³/mol. The van der Waals surface area contributed by atoms with Crippen LogP contribution < -0.4 is 5.32 Å². The van der Waals surface area contributed by atoms with Gasteiger partial charge in [0.2, 0.25) is 0 Å². The van der Waals surface area contributed by atoms with Gasteiger partial charge in [0.05, 0.1) is 0 Å². The first-order valence-electron chi connectivity index (χ1n) is 15.0. The number of allylic oxidation sites excluding steroid dienone is 2. The molecule has 1 nitrogen and oxygen atoms in total. The lowest BCUT2D eigenvalue weighted by atomic mass is 9.85. The lowest BCUT2D eigenvalue weighted by Gasteiger charge is -2.18. The normalized spacial score (nSPS) is 13.1. The van der Waals surface area contributed by atoms with Crippen molar-refractivity contribution in [2.75, 3.05) is 6.54 Å². The second-order valence-corrected chi connectivity index (χ2v) is 11.4. The van der Waals surface area contributed by atoms with Crippen LogP contribution in [-0.4, -0.2) is 6.54 Å². The summed E-state index contributed by atoms with van der Waals surface area (Å²) in [6, 6.07) is 51.2. The Labute approximate surface area is 252 Å². The summed E-state index contributed by atoms with van der Waals surface area (Å²) < 4.78 is 0. The standard InChI is InChI=1S/C42H31N/c1-28-10-9-25-43-42(28)35-14-8-13-33(27-35)30-19-22-31(23-20-30)40-36-15-4-6-17-38(36)41(39-18-7-5-16-37(39)40)34-24-21-29-11-2-3-12-32(29)26-34/h2-24,26-27,43H,25H2,1H3. The molecule has 7 aromatic rings. The van der Waals surface area contributed by atoms with E-state index in [1.165, 1.54) is 82.5 Å². The molecule has 0 aromatic heterocycles. The molecule has 1 N–H and O–H groups in total. The molecule has 0 saturated carbocycles. The van der Waals surface area contributed by atoms with Crippen LogP contribution in [0.1, 0.15) is 12.5 Å². The number of nitrogens with one attached hydrogen (secondary N) is 1. The molecule has 7 aromatic carbocycles. The van der Waals surface area contributed by atoms with Gasteiger partial charge in [-0.3, -0.25) is 0 Å². The minimum Gasteiger partial charge on any atom is -0.381 e. The summed E-state index contributed by atoms with van der Waals surface area (Å²) in [5, 5.41) is 11.2. The molecular weight excluding hydrogens is 518 g/mol. The largest absolute Gasteiger partial charge is 0.381 e. The van der Waals surface area contributed by atoms with E-state index in [1.807, 2.05) is 0 Å². The summed E-state index contributed by atoms with van der Waals surface area (Å²) in [5.74, 6) is 0. The highest BCUT2D eigenvalue weighted by Crippen LogP contribution is 2.44. The molecule has 0 spiro atoms. The highest BCUT2D eigenvalue weighted by molar-refractivity contribution is 6.21. The Morgan fingerprint density at radius 1 is 0.442 bits per heavy atom. The lowest BCUT2D eigenvalue weighted by Crippen LogP contribution is -2.16. The minimum absolute atomic E-state index is 0.868. The summed E-state index contributed by atoms with van der Waals surface area (Å²) in [7, 11) is 0. The van der Waals surface area contributed by atoms with Crippen LogP contribution in [0.5, 0.6) is 0 Å². The molecule has 1 aliphatic heterocycles. The molecule has 0 amide bonds. The van der Waals surface area contributed by atoms with Crippen LogP contribution in [0, 0.1) is 0 Å². The topological polar surface area (TPSA) is 12.0 Å². The third-order valence-electron chi connectivity index (χ3n) is 8.79. The van der Waals surface area contributed by atoms with E-state index in [0.29, 0.717) is 0 Å². The highest BCUT2D eigenvalue weighted by atomic mass is 14.9. The zero-order chi connectivity index (χ0) is 28.8. The molecule has 0 saturated heterocycles. The Bertz CT molecular complexity index is 2170. The molecule has 0 unspecified atom stereocenters. The van der Waals surface area contributed by atoms with Gasteiger partial charge in [-0.05, 0) is 95.9 Å². The van der Waals surface area contributed by atoms with Crippen molar-refractivity contribution in [3.05, 3.63) is 163 Å². The quantitative estimate of drug-likeness (QED) is 0.215. The molecule has 204 valence electrons. The second kappa shape index (κ2) is 10.5. The van der Waals surface area contributed by atoms with Crippen molar-refractivity contribution in [1.29, 1.82) is 0 Å². The number of hydrogen-bond acceptors (Lipinski definition) is 1. The van der Waals surface area contributed by atoms with E-state index in [-0.39, 0.29) is 0 Å². The van der Waals surface area contributed by atoms with Gasteiger partial charge in [0.1, 0.15) is 0 Å². The predicted octanol–water partition coefficient (Wildman–Crippen LogP) is 11.0. The third-order valence-corrected chi connectivity index (χ3v) is 8.79. The van der Waals surface area contributed by atoms with Gasteiger partial charge in [-0.2, -0.15) is 0 Å². The fraction of sp³-hybridized carbons (Fsp3) is 0.0476. The van der Waals surface area contributed by atoms with Gasteiger partial charge in [0.15, 0.2) is 0 Å². The van der Waals surface area contributed by atoms with Gasteiger partial charge in [-0.25, -0.2) is 0 Å². The fourth-order valence-electron chi connectivity index (χ4n) is 6.73. The van der Waals surface area contributed by atoms with Crippen molar-refractivity contribution < 1.29 is 0 Å². The van der Waals surface area contributed by atoms with E-state index in [9.17, 15) is 0 Å². The van der Waals surface area contributed by atoms with Crippen LogP contribution >= 0.6 is 0 Å². The summed E-state index contributed by atoms with van der Waals surface area (Å²) in [5.41, 5.74) is 11.2. The molecule has 1 heterocycles. The summed E-state index contributed by atoms with van der Waals surface area (Å²) in [6.45, 7) is 3.03. The van der Waals surface area contributed by atoms with E-state index in [2.05, 4.69) is 164 Å². The molecule has 0 radical (unpaired) electrons. The van der Waals surface area contributed by atoms with Crippen molar-refractivity contribution in [2.45, 2.75) is 6.92 Å². The van der Waals surface area contributed by atoms with E-state index < -0.39 is 0 Å². The van der Waals surface area contributed by atoms with Crippen molar-refractivity contribution >= 4 is 38.0 Å². The minimum atomic E-state index is 0.868. The first-order chi connectivity index (χ1) is 21.2. The average Bonchev–Trinajstić information content (AvgIpc) is 3.07. The highest BCUT2D eigenvalue weighted by Gasteiger charge is 2.17. The second-order valence-electron chi connectivity index (χ2n) is 11.4. The van der Waals surface area contributed by atoms with Crippen LogP contribution in [0.15, 0.2) is 157 Å². The Balaban J connectivity index is 1.28. The molecule has 0 atom stereocenters. The maximum atomic E-state index is 3.55. The summed E-state index contributed by atoms with van der Waals surface area (Å²) in [6.07, 6.45) is 4.37. The fourth-order valence-corrected chi connectivity index (χ4v) is 6.73. The molecule has 0 aliphatic carbocycles. The maximum Gasteiger partial charge on any atom is 0.0446 e. The van der Waals surface area contributed by atoms with E-state index in [4.69, 9.17) is 0 Å². The van der Waals surface area contributed by atoms with Gasteiger partial charge in [0, 0.05) is 12.2 Å². The first-order valence-corrected chi connectivity index (χ1v) is 15.0. The third kappa shape index (κ3) is 4.42. The van der Waals surface area contributed by atoms with Crippen LogP contribution in [0.3, 0.4) is 0 Å². The van der Waals surface area contributed by atoms with Crippen LogP contribution in [0.2, 0.25) is 0 Å². The number of hydrogen-bond donors (Lipinski definition) is 1. The Morgan fingerprint density at radius 3 is 1.67 bits per heavy atom. The molecular formula is C42H31N. The zero-order valence-electron chi connectivity index (χ0n) is 24.1. The molecule has 0 fully saturated rings. The summed E-state index contributed by atoms with van der Waals surface area (Å²) >= 11 is 0. The van der Waals surface area contributed by atoms with Crippen molar-refractivity contribution in [2.24, 2.45) is 0 Å². The smallest absolute Gasteiger partial charge is 0.0446 e. The van der Waals surface area contributed by atoms with E-state index in [1.54, 1.807) is 0 Å². The molecule has 1 heteroatoms. The number of rotatable bonds is 4. The zero-order valence-corrected chi connectivity index (χ0v) is 24.1. The lowest BCUT2D eigenvalue weighted by molar-refractivity contribution is 0.980. The molecule has 0 bridgehead atoms. The monoisotopic (exact) mass is 549 g/mol. The van der Waals surface area contributed by atoms with Crippen molar-refractivity contribution in [3.8, 4) is 33.4 Å². The van der Waals surface area contributed by atoms with Crippen LogP contribution in [0.4, 0.5) is 0 Å². The van der Waals surface area contributed by atoms with Gasteiger partial charge in [0.25, 0.3) is 0 Å². The first kappa shape index (κ1) is 25.3. The molecule has 1 aliphatic rings. The summed E-state index contributed by atoms with van der Waals surface area (Å²) in [4.78, 5) is 0. The van der Waals surface area contributed by atoms with Crippen LogP contribution in [0.25, 0.3) is 71.4 Å².